The molecule has 0 atom stereocenters. The first-order valence-electron chi connectivity index (χ1n) is 8.70. The third-order valence-electron chi connectivity index (χ3n) is 4.58. The highest BCUT2D eigenvalue weighted by Crippen LogP contribution is 2.34. The molecule has 6 heteroatoms. The van der Waals surface area contributed by atoms with Gasteiger partial charge in [0, 0.05) is 36.0 Å². The Labute approximate surface area is 167 Å². The van der Waals surface area contributed by atoms with Gasteiger partial charge in [-0.1, -0.05) is 41.9 Å². The van der Waals surface area contributed by atoms with Gasteiger partial charge in [-0.15, -0.1) is 0 Å². The third kappa shape index (κ3) is 4.05. The lowest BCUT2D eigenvalue weighted by Gasteiger charge is -2.14. The smallest absolute Gasteiger partial charge is 0.254 e. The summed E-state index contributed by atoms with van der Waals surface area (Å²) in [4.78, 5) is 11.9. The first-order valence-corrected chi connectivity index (χ1v) is 9.08. The minimum atomic E-state index is -0.394. The third-order valence-corrected chi connectivity index (χ3v) is 4.80. The Bertz CT molecular complexity index is 1030. The van der Waals surface area contributed by atoms with Crippen molar-refractivity contribution in [2.45, 2.75) is 12.8 Å². The molecule has 0 radical (unpaired) electrons. The first kappa shape index (κ1) is 19.6. The molecule has 0 aromatic heterocycles. The molecule has 144 valence electrons. The van der Waals surface area contributed by atoms with Crippen molar-refractivity contribution in [1.29, 1.82) is 0 Å². The van der Waals surface area contributed by atoms with Crippen molar-refractivity contribution in [2.75, 3.05) is 7.05 Å². The van der Waals surface area contributed by atoms with Crippen LogP contribution in [0.15, 0.2) is 54.6 Å². The Morgan fingerprint density at radius 3 is 2.11 bits per heavy atom. The van der Waals surface area contributed by atoms with Crippen LogP contribution in [-0.2, 0) is 12.8 Å². The quantitative estimate of drug-likeness (QED) is 0.524. The van der Waals surface area contributed by atoms with Crippen LogP contribution in [0.25, 0.3) is 0 Å². The summed E-state index contributed by atoms with van der Waals surface area (Å²) < 4.78 is 0. The SMILES string of the molecule is CNC(=O)c1cccc(Cc2cc(Cl)cc(Cc3ccccc3O)c2O)c1O. The maximum atomic E-state index is 11.9. The molecule has 3 aromatic rings. The summed E-state index contributed by atoms with van der Waals surface area (Å²) in [6.07, 6.45) is 0.493. The Hall–Kier alpha value is -3.18. The van der Waals surface area contributed by atoms with E-state index in [1.54, 1.807) is 48.5 Å². The van der Waals surface area contributed by atoms with Gasteiger partial charge in [0.05, 0.1) is 5.56 Å². The van der Waals surface area contributed by atoms with Gasteiger partial charge in [0.2, 0.25) is 0 Å². The van der Waals surface area contributed by atoms with Crippen molar-refractivity contribution >= 4 is 17.5 Å². The average molecular weight is 398 g/mol. The lowest BCUT2D eigenvalue weighted by Crippen LogP contribution is -2.18. The number of amides is 1. The number of hydrogen-bond acceptors (Lipinski definition) is 4. The van der Waals surface area contributed by atoms with Gasteiger partial charge in [0.1, 0.15) is 17.2 Å². The van der Waals surface area contributed by atoms with Gasteiger partial charge in [-0.05, 0) is 35.4 Å². The van der Waals surface area contributed by atoms with Crippen molar-refractivity contribution < 1.29 is 20.1 Å². The highest BCUT2D eigenvalue weighted by atomic mass is 35.5. The second-order valence-electron chi connectivity index (χ2n) is 6.45. The maximum absolute atomic E-state index is 11.9. The van der Waals surface area contributed by atoms with Gasteiger partial charge < -0.3 is 20.6 Å². The van der Waals surface area contributed by atoms with Crippen LogP contribution < -0.4 is 5.32 Å². The van der Waals surface area contributed by atoms with Crippen LogP contribution in [0.4, 0.5) is 0 Å². The standard InChI is InChI=1S/C22H20ClNO4/c1-24-22(28)18-7-4-6-14(21(18)27)10-16-12-17(23)11-15(20(16)26)9-13-5-2-3-8-19(13)25/h2-8,11-12,25-27H,9-10H2,1H3,(H,24,28). The number of benzene rings is 3. The van der Waals surface area contributed by atoms with Crippen LogP contribution in [0.5, 0.6) is 17.2 Å². The molecule has 0 bridgehead atoms. The molecule has 0 aliphatic rings. The highest BCUT2D eigenvalue weighted by Gasteiger charge is 2.17. The van der Waals surface area contributed by atoms with Gasteiger partial charge >= 0.3 is 0 Å². The summed E-state index contributed by atoms with van der Waals surface area (Å²) in [5.74, 6) is -0.352. The van der Waals surface area contributed by atoms with Crippen LogP contribution in [0.1, 0.15) is 32.6 Å². The number of carbonyl (C=O) groups is 1. The fourth-order valence-electron chi connectivity index (χ4n) is 3.11. The highest BCUT2D eigenvalue weighted by molar-refractivity contribution is 6.30. The van der Waals surface area contributed by atoms with Crippen molar-refractivity contribution in [3.8, 4) is 17.2 Å². The molecule has 3 rings (SSSR count). The second-order valence-corrected chi connectivity index (χ2v) is 6.88. The Morgan fingerprint density at radius 1 is 0.857 bits per heavy atom. The molecule has 0 aliphatic heterocycles. The minimum Gasteiger partial charge on any atom is -0.508 e. The van der Waals surface area contributed by atoms with Gasteiger partial charge in [-0.25, -0.2) is 0 Å². The number of para-hydroxylation sites is 2. The monoisotopic (exact) mass is 397 g/mol. The molecule has 4 N–H and O–H groups in total. The Balaban J connectivity index is 1.97. The zero-order chi connectivity index (χ0) is 20.3. The van der Waals surface area contributed by atoms with Crippen molar-refractivity contribution in [3.05, 3.63) is 87.4 Å². The summed E-state index contributed by atoms with van der Waals surface area (Å²) in [6, 6.07) is 15.0. The largest absolute Gasteiger partial charge is 0.508 e. The number of rotatable bonds is 5. The molecule has 0 saturated carbocycles. The molecule has 3 aromatic carbocycles. The van der Waals surface area contributed by atoms with Crippen molar-refractivity contribution in [1.82, 2.24) is 5.32 Å². The average Bonchev–Trinajstić information content (AvgIpc) is 2.68. The van der Waals surface area contributed by atoms with E-state index in [9.17, 15) is 20.1 Å². The molecule has 28 heavy (non-hydrogen) atoms. The van der Waals surface area contributed by atoms with Crippen molar-refractivity contribution in [2.24, 2.45) is 0 Å². The van der Waals surface area contributed by atoms with E-state index in [0.29, 0.717) is 33.7 Å². The Kier molecular flexibility index (Phi) is 5.76. The number of aromatic hydroxyl groups is 3. The van der Waals surface area contributed by atoms with E-state index in [0.717, 1.165) is 0 Å². The number of halogens is 1. The molecule has 0 aliphatic carbocycles. The molecule has 0 unspecified atom stereocenters. The molecular weight excluding hydrogens is 378 g/mol. The van der Waals surface area contributed by atoms with Gasteiger partial charge in [-0.2, -0.15) is 0 Å². The number of phenols is 3. The van der Waals surface area contributed by atoms with Crippen LogP contribution in [-0.4, -0.2) is 28.3 Å². The van der Waals surface area contributed by atoms with E-state index in [1.165, 1.54) is 13.1 Å². The zero-order valence-corrected chi connectivity index (χ0v) is 16.0. The Morgan fingerprint density at radius 2 is 1.46 bits per heavy atom. The molecule has 5 nitrogen and oxygen atoms in total. The number of hydrogen-bond donors (Lipinski definition) is 4. The summed E-state index contributed by atoms with van der Waals surface area (Å²) >= 11 is 6.24. The van der Waals surface area contributed by atoms with Crippen molar-refractivity contribution in [3.63, 3.8) is 0 Å². The number of phenolic OH excluding ortho intramolecular Hbond substituents is 3. The maximum Gasteiger partial charge on any atom is 0.254 e. The van der Waals surface area contributed by atoms with Gasteiger partial charge in [0.15, 0.2) is 0 Å². The summed E-state index contributed by atoms with van der Waals surface area (Å²) in [5.41, 5.74) is 2.40. The van der Waals surface area contributed by atoms with Gasteiger partial charge in [0.25, 0.3) is 5.91 Å². The molecular formula is C22H20ClNO4. The van der Waals surface area contributed by atoms with E-state index in [-0.39, 0.29) is 29.2 Å². The summed E-state index contributed by atoms with van der Waals surface area (Å²) in [6.45, 7) is 0. The lowest BCUT2D eigenvalue weighted by atomic mass is 9.96. The van der Waals surface area contributed by atoms with Crippen LogP contribution in [0.2, 0.25) is 5.02 Å². The minimum absolute atomic E-state index is 0.0393. The number of nitrogens with one attached hydrogen (secondary N) is 1. The predicted molar refractivity (Wildman–Crippen MR) is 108 cm³/mol. The predicted octanol–water partition coefficient (Wildman–Crippen LogP) is 4.00. The van der Waals surface area contributed by atoms with Gasteiger partial charge in [-0.3, -0.25) is 4.79 Å². The van der Waals surface area contributed by atoms with E-state index in [1.807, 2.05) is 0 Å². The second kappa shape index (κ2) is 8.23. The van der Waals surface area contributed by atoms with E-state index >= 15 is 0 Å². The molecule has 0 spiro atoms. The van der Waals surface area contributed by atoms with E-state index in [2.05, 4.69) is 5.32 Å². The lowest BCUT2D eigenvalue weighted by molar-refractivity contribution is 0.0960. The number of carbonyl (C=O) groups excluding carboxylic acids is 1. The van der Waals surface area contributed by atoms with Crippen LogP contribution in [0, 0.1) is 0 Å². The van der Waals surface area contributed by atoms with E-state index in [4.69, 9.17) is 11.6 Å². The van der Waals surface area contributed by atoms with Crippen LogP contribution in [0.3, 0.4) is 0 Å². The fraction of sp³-hybridized carbons (Fsp3) is 0.136. The molecule has 0 heterocycles. The normalized spacial score (nSPS) is 10.6. The zero-order valence-electron chi connectivity index (χ0n) is 15.2. The molecule has 0 fully saturated rings. The first-order chi connectivity index (χ1) is 13.4. The van der Waals surface area contributed by atoms with E-state index < -0.39 is 5.91 Å². The van der Waals surface area contributed by atoms with Crippen LogP contribution >= 0.6 is 11.6 Å². The fourth-order valence-corrected chi connectivity index (χ4v) is 3.37. The molecule has 1 amide bonds. The molecule has 0 saturated heterocycles. The summed E-state index contributed by atoms with van der Waals surface area (Å²) in [7, 11) is 1.49. The summed E-state index contributed by atoms with van der Waals surface area (Å²) in [5, 5.41) is 34.1. The topological polar surface area (TPSA) is 89.8 Å².